The van der Waals surface area contributed by atoms with Gasteiger partial charge < -0.3 is 25.2 Å². The minimum absolute atomic E-state index is 0.221. The maximum Gasteiger partial charge on any atom is 0.265 e. The smallest absolute Gasteiger partial charge is 0.265 e. The van der Waals surface area contributed by atoms with E-state index in [1.807, 2.05) is 13.0 Å². The van der Waals surface area contributed by atoms with Gasteiger partial charge in [0.15, 0.2) is 0 Å². The molecule has 13 heteroatoms. The molecule has 270 valence electrons. The highest BCUT2D eigenvalue weighted by atomic mass is 35.5. The minimum atomic E-state index is -0.489. The summed E-state index contributed by atoms with van der Waals surface area (Å²) in [6.45, 7) is 5.38. The van der Waals surface area contributed by atoms with Crippen molar-refractivity contribution in [1.29, 1.82) is 0 Å². The molecule has 5 heterocycles. The predicted molar refractivity (Wildman–Crippen MR) is 208 cm³/mol. The summed E-state index contributed by atoms with van der Waals surface area (Å²) in [5.74, 6) is -0.802. The third kappa shape index (κ3) is 6.90. The standard InChI is InChI=1S/C40H34Cl2FN5O4S/c1-23-17-29(36(44-20-23)47-21-40(22-47)12-15-52-16-13-40)37(49)45-27-8-5-24(6-9-27)39(51)48-14-11-25-18-33(38(50)46-34-30(41)3-2-4-31(34)42)53-35(25)28-10-7-26(43)19-32(28)48/h2-10,17-20H,11-16,21-22H2,1H3,(H,45,49)(H,46,50). The van der Waals surface area contributed by atoms with Crippen molar-refractivity contribution in [3.05, 3.63) is 122 Å². The lowest BCUT2D eigenvalue weighted by atomic mass is 9.73. The molecule has 3 aliphatic rings. The molecule has 8 rings (SSSR count). The molecule has 0 saturated carbocycles. The number of hydrogen-bond acceptors (Lipinski definition) is 7. The number of thiophene rings is 1. The van der Waals surface area contributed by atoms with Gasteiger partial charge in [-0.2, -0.15) is 0 Å². The second-order valence-electron chi connectivity index (χ2n) is 13.8. The number of para-hydroxylation sites is 1. The zero-order chi connectivity index (χ0) is 36.9. The summed E-state index contributed by atoms with van der Waals surface area (Å²) in [6, 6.07) is 19.6. The van der Waals surface area contributed by atoms with E-state index in [2.05, 4.69) is 20.5 Å². The van der Waals surface area contributed by atoms with E-state index in [-0.39, 0.29) is 29.7 Å². The van der Waals surface area contributed by atoms with Gasteiger partial charge in [-0.15, -0.1) is 11.3 Å². The Morgan fingerprint density at radius 2 is 1.66 bits per heavy atom. The molecule has 2 N–H and O–H groups in total. The molecule has 2 fully saturated rings. The second kappa shape index (κ2) is 14.2. The Bertz CT molecular complexity index is 2250. The van der Waals surface area contributed by atoms with Crippen molar-refractivity contribution in [2.45, 2.75) is 26.2 Å². The fraction of sp³-hybridized carbons (Fsp3) is 0.250. The van der Waals surface area contributed by atoms with Crippen molar-refractivity contribution in [2.75, 3.05) is 53.3 Å². The van der Waals surface area contributed by atoms with E-state index in [9.17, 15) is 18.8 Å². The number of halogens is 3. The maximum absolute atomic E-state index is 14.8. The lowest BCUT2D eigenvalue weighted by molar-refractivity contribution is -0.000511. The Morgan fingerprint density at radius 3 is 2.40 bits per heavy atom. The number of carbonyl (C=O) groups excluding carboxylic acids is 3. The highest BCUT2D eigenvalue weighted by Gasteiger charge is 2.45. The molecule has 3 aliphatic heterocycles. The molecule has 2 aromatic heterocycles. The molecule has 0 aliphatic carbocycles. The van der Waals surface area contributed by atoms with Gasteiger partial charge in [0.1, 0.15) is 11.6 Å². The zero-order valence-electron chi connectivity index (χ0n) is 28.7. The fourth-order valence-corrected chi connectivity index (χ4v) is 8.93. The van der Waals surface area contributed by atoms with Crippen LogP contribution >= 0.6 is 34.5 Å². The number of aryl methyl sites for hydroxylation is 1. The first-order chi connectivity index (χ1) is 25.6. The Hall–Kier alpha value is -4.81. The molecule has 2 saturated heterocycles. The average Bonchev–Trinajstić information content (AvgIpc) is 3.51. The van der Waals surface area contributed by atoms with Crippen LogP contribution in [0.2, 0.25) is 10.0 Å². The average molecular weight is 771 g/mol. The van der Waals surface area contributed by atoms with E-state index < -0.39 is 5.82 Å². The zero-order valence-corrected chi connectivity index (χ0v) is 31.0. The first kappa shape index (κ1) is 35.2. The summed E-state index contributed by atoms with van der Waals surface area (Å²) in [4.78, 5) is 50.5. The number of benzene rings is 3. The van der Waals surface area contributed by atoms with Gasteiger partial charge in [-0.3, -0.25) is 14.4 Å². The van der Waals surface area contributed by atoms with Crippen LogP contribution in [0.4, 0.5) is 27.3 Å². The van der Waals surface area contributed by atoms with Crippen molar-refractivity contribution in [3.63, 3.8) is 0 Å². The monoisotopic (exact) mass is 769 g/mol. The Kier molecular flexibility index (Phi) is 9.44. The SMILES string of the molecule is Cc1cnc(N2CC3(CCOCC3)C2)c(C(=O)Nc2ccc(C(=O)N3CCc4cc(C(=O)Nc5c(Cl)cccc5Cl)sc4-c4ccc(F)cc43)cc2)c1. The normalized spacial score (nSPS) is 15.9. The minimum Gasteiger partial charge on any atom is -0.381 e. The summed E-state index contributed by atoms with van der Waals surface area (Å²) in [7, 11) is 0. The van der Waals surface area contributed by atoms with Crippen LogP contribution in [0, 0.1) is 18.2 Å². The maximum atomic E-state index is 14.8. The lowest BCUT2D eigenvalue weighted by Gasteiger charge is -2.53. The number of rotatable bonds is 6. The van der Waals surface area contributed by atoms with Crippen molar-refractivity contribution in [2.24, 2.45) is 5.41 Å². The molecule has 5 aromatic rings. The molecular weight excluding hydrogens is 736 g/mol. The van der Waals surface area contributed by atoms with E-state index in [1.165, 1.54) is 23.5 Å². The number of amides is 3. The number of anilines is 4. The van der Waals surface area contributed by atoms with Crippen LogP contribution in [-0.2, 0) is 11.2 Å². The summed E-state index contributed by atoms with van der Waals surface area (Å²) >= 11 is 13.8. The van der Waals surface area contributed by atoms with Gasteiger partial charge in [0, 0.05) is 66.2 Å². The topological polar surface area (TPSA) is 104 Å². The van der Waals surface area contributed by atoms with Crippen molar-refractivity contribution < 1.29 is 23.5 Å². The largest absolute Gasteiger partial charge is 0.381 e. The number of nitrogens with one attached hydrogen (secondary N) is 2. The third-order valence-corrected chi connectivity index (χ3v) is 12.0. The van der Waals surface area contributed by atoms with Gasteiger partial charge in [-0.25, -0.2) is 9.37 Å². The highest BCUT2D eigenvalue weighted by Crippen LogP contribution is 2.44. The molecule has 9 nitrogen and oxygen atoms in total. The van der Waals surface area contributed by atoms with Gasteiger partial charge in [0.25, 0.3) is 17.7 Å². The number of pyridine rings is 1. The predicted octanol–water partition coefficient (Wildman–Crippen LogP) is 8.89. The molecule has 3 aromatic carbocycles. The van der Waals surface area contributed by atoms with E-state index in [1.54, 1.807) is 65.7 Å². The van der Waals surface area contributed by atoms with Crippen LogP contribution in [0.15, 0.2) is 79.0 Å². The number of hydrogen-bond donors (Lipinski definition) is 2. The van der Waals surface area contributed by atoms with Crippen LogP contribution < -0.4 is 20.4 Å². The van der Waals surface area contributed by atoms with Crippen LogP contribution in [0.5, 0.6) is 0 Å². The van der Waals surface area contributed by atoms with Gasteiger partial charge in [0.05, 0.1) is 31.9 Å². The van der Waals surface area contributed by atoms with Crippen LogP contribution in [-0.4, -0.2) is 55.6 Å². The molecule has 3 amide bonds. The molecule has 53 heavy (non-hydrogen) atoms. The molecule has 0 bridgehead atoms. The van der Waals surface area contributed by atoms with Crippen LogP contribution in [0.1, 0.15) is 54.4 Å². The Labute approximate surface area is 319 Å². The number of aromatic nitrogens is 1. The van der Waals surface area contributed by atoms with Crippen molar-refractivity contribution >= 4 is 75.1 Å². The molecule has 0 unspecified atom stereocenters. The lowest BCUT2D eigenvalue weighted by Crippen LogP contribution is -2.59. The summed E-state index contributed by atoms with van der Waals surface area (Å²) in [6.07, 6.45) is 4.23. The second-order valence-corrected chi connectivity index (χ2v) is 15.6. The van der Waals surface area contributed by atoms with Gasteiger partial charge in [-0.05, 0) is 104 Å². The van der Waals surface area contributed by atoms with E-state index in [0.29, 0.717) is 60.9 Å². The summed E-state index contributed by atoms with van der Waals surface area (Å²) in [5.41, 5.74) is 4.72. The van der Waals surface area contributed by atoms with E-state index >= 15 is 0 Å². The first-order valence-electron chi connectivity index (χ1n) is 17.3. The quantitative estimate of drug-likeness (QED) is 0.179. The number of nitrogens with zero attached hydrogens (tertiary/aromatic N) is 3. The number of ether oxygens (including phenoxy) is 1. The van der Waals surface area contributed by atoms with Crippen molar-refractivity contribution in [1.82, 2.24) is 4.98 Å². The first-order valence-corrected chi connectivity index (χ1v) is 18.9. The highest BCUT2D eigenvalue weighted by molar-refractivity contribution is 7.17. The van der Waals surface area contributed by atoms with Gasteiger partial charge in [-0.1, -0.05) is 29.3 Å². The van der Waals surface area contributed by atoms with Gasteiger partial charge in [0.2, 0.25) is 0 Å². The number of carbonyl (C=O) groups is 3. The van der Waals surface area contributed by atoms with Crippen molar-refractivity contribution in [3.8, 4) is 10.4 Å². The Balaban J connectivity index is 0.991. The van der Waals surface area contributed by atoms with Crippen LogP contribution in [0.25, 0.3) is 10.4 Å². The molecule has 0 atom stereocenters. The fourth-order valence-electron chi connectivity index (χ4n) is 7.30. The number of fused-ring (bicyclic) bond motifs is 3. The Morgan fingerprint density at radius 1 is 0.925 bits per heavy atom. The van der Waals surface area contributed by atoms with E-state index in [0.717, 1.165) is 55.1 Å². The van der Waals surface area contributed by atoms with Crippen LogP contribution in [0.3, 0.4) is 0 Å². The summed E-state index contributed by atoms with van der Waals surface area (Å²) in [5, 5.41) is 6.41. The van der Waals surface area contributed by atoms with E-state index in [4.69, 9.17) is 27.9 Å². The molecular formula is C40H34Cl2FN5O4S. The molecule has 0 radical (unpaired) electrons. The van der Waals surface area contributed by atoms with Gasteiger partial charge >= 0.3 is 0 Å². The molecule has 1 spiro atoms. The third-order valence-electron chi connectivity index (χ3n) is 10.1. The summed E-state index contributed by atoms with van der Waals surface area (Å²) < 4.78 is 20.3.